The van der Waals surface area contributed by atoms with Crippen molar-refractivity contribution in [3.63, 3.8) is 0 Å². The Morgan fingerprint density at radius 1 is 1.35 bits per heavy atom. The van der Waals surface area contributed by atoms with Crippen molar-refractivity contribution >= 4 is 41.5 Å². The Bertz CT molecular complexity index is 618. The van der Waals surface area contributed by atoms with Crippen molar-refractivity contribution < 1.29 is 4.79 Å². The lowest BCUT2D eigenvalue weighted by molar-refractivity contribution is -0.127. The van der Waals surface area contributed by atoms with Gasteiger partial charge in [-0.1, -0.05) is 30.4 Å². The van der Waals surface area contributed by atoms with Crippen LogP contribution in [0.3, 0.4) is 0 Å². The Kier molecular flexibility index (Phi) is 9.47. The Labute approximate surface area is 173 Å². The van der Waals surface area contributed by atoms with E-state index in [9.17, 15) is 4.79 Å². The maximum atomic E-state index is 11.8. The molecule has 0 bridgehead atoms. The Balaban J connectivity index is 0.00000338. The Morgan fingerprint density at radius 3 is 2.65 bits per heavy atom. The van der Waals surface area contributed by atoms with Gasteiger partial charge in [0.05, 0.1) is 0 Å². The van der Waals surface area contributed by atoms with E-state index in [0.717, 1.165) is 25.1 Å². The summed E-state index contributed by atoms with van der Waals surface area (Å²) in [5, 5.41) is 6.70. The van der Waals surface area contributed by atoms with Crippen LogP contribution in [0.15, 0.2) is 47.5 Å². The molecular formula is C19H30IN5O. The zero-order valence-electron chi connectivity index (χ0n) is 15.9. The molecule has 1 unspecified atom stereocenters. The summed E-state index contributed by atoms with van der Waals surface area (Å²) in [7, 11) is 3.47. The molecule has 2 rings (SSSR count). The van der Waals surface area contributed by atoms with Crippen LogP contribution in [0, 0.1) is 0 Å². The second-order valence-corrected chi connectivity index (χ2v) is 6.68. The van der Waals surface area contributed by atoms with E-state index >= 15 is 0 Å². The molecule has 0 spiro atoms. The minimum Gasteiger partial charge on any atom is -0.369 e. The largest absolute Gasteiger partial charge is 0.369 e. The monoisotopic (exact) mass is 471 g/mol. The molecule has 1 heterocycles. The Morgan fingerprint density at radius 2 is 2.04 bits per heavy atom. The minimum absolute atomic E-state index is 0. The van der Waals surface area contributed by atoms with Crippen LogP contribution in [0.25, 0.3) is 0 Å². The number of nitrogens with zero attached hydrogens (tertiary/aromatic N) is 3. The van der Waals surface area contributed by atoms with Gasteiger partial charge in [0.2, 0.25) is 5.91 Å². The second kappa shape index (κ2) is 11.1. The number of anilines is 1. The molecule has 2 N–H and O–H groups in total. The normalized spacial score (nSPS) is 16.7. The first-order chi connectivity index (χ1) is 12.0. The summed E-state index contributed by atoms with van der Waals surface area (Å²) in [5.74, 6) is 0.645. The Hall–Kier alpha value is -1.77. The van der Waals surface area contributed by atoms with E-state index in [0.29, 0.717) is 18.5 Å². The highest BCUT2D eigenvalue weighted by molar-refractivity contribution is 14.0. The highest BCUT2D eigenvalue weighted by Gasteiger charge is 2.23. The van der Waals surface area contributed by atoms with Crippen LogP contribution in [0.1, 0.15) is 13.3 Å². The number of nitrogens with one attached hydrogen (secondary N) is 2. The number of hydrogen-bond acceptors (Lipinski definition) is 3. The summed E-state index contributed by atoms with van der Waals surface area (Å²) < 4.78 is 0. The lowest BCUT2D eigenvalue weighted by Gasteiger charge is -2.20. The average Bonchev–Trinajstić information content (AvgIpc) is 3.06. The number of guanidine groups is 1. The van der Waals surface area contributed by atoms with Crippen LogP contribution in [0.4, 0.5) is 5.69 Å². The number of carbonyl (C=O) groups excluding carboxylic acids is 1. The molecule has 1 atom stereocenters. The molecule has 7 heteroatoms. The molecule has 0 saturated carbocycles. The van der Waals surface area contributed by atoms with E-state index in [4.69, 9.17) is 0 Å². The van der Waals surface area contributed by atoms with Gasteiger partial charge in [-0.05, 0) is 25.5 Å². The fourth-order valence-corrected chi connectivity index (χ4v) is 2.62. The summed E-state index contributed by atoms with van der Waals surface area (Å²) in [6.45, 7) is 8.56. The quantitative estimate of drug-likeness (QED) is 0.289. The van der Waals surface area contributed by atoms with Crippen LogP contribution in [-0.2, 0) is 4.79 Å². The predicted octanol–water partition coefficient (Wildman–Crippen LogP) is 2.08. The lowest BCUT2D eigenvalue weighted by Crippen LogP contribution is -2.45. The zero-order chi connectivity index (χ0) is 18.2. The SMILES string of the molecule is C=C(C)CNC(=NCC(=O)N(C)C)NC1CCN(c2ccccc2)C1.I. The molecule has 1 aliphatic rings. The number of rotatable bonds is 6. The van der Waals surface area contributed by atoms with Gasteiger partial charge >= 0.3 is 0 Å². The summed E-state index contributed by atoms with van der Waals surface area (Å²) >= 11 is 0. The van der Waals surface area contributed by atoms with Gasteiger partial charge < -0.3 is 20.4 Å². The van der Waals surface area contributed by atoms with Crippen LogP contribution in [-0.4, -0.2) is 63.1 Å². The van der Waals surface area contributed by atoms with Gasteiger partial charge in [-0.2, -0.15) is 0 Å². The third-order valence-corrected chi connectivity index (χ3v) is 4.08. The van der Waals surface area contributed by atoms with E-state index in [1.54, 1.807) is 19.0 Å². The number of halogens is 1. The van der Waals surface area contributed by atoms with Gasteiger partial charge in [0.25, 0.3) is 0 Å². The molecule has 26 heavy (non-hydrogen) atoms. The van der Waals surface area contributed by atoms with Gasteiger partial charge in [0.1, 0.15) is 6.54 Å². The third kappa shape index (κ3) is 7.23. The van der Waals surface area contributed by atoms with Gasteiger partial charge in [0, 0.05) is 45.5 Å². The highest BCUT2D eigenvalue weighted by atomic mass is 127. The molecular weight excluding hydrogens is 441 g/mol. The molecule has 1 aliphatic heterocycles. The van der Waals surface area contributed by atoms with Gasteiger partial charge in [-0.3, -0.25) is 4.79 Å². The molecule has 6 nitrogen and oxygen atoms in total. The highest BCUT2D eigenvalue weighted by Crippen LogP contribution is 2.19. The first kappa shape index (κ1) is 22.3. The van der Waals surface area contributed by atoms with E-state index in [1.807, 2.05) is 13.0 Å². The fourth-order valence-electron chi connectivity index (χ4n) is 2.62. The summed E-state index contributed by atoms with van der Waals surface area (Å²) in [6, 6.07) is 10.7. The number of amides is 1. The molecule has 0 aromatic heterocycles. The average molecular weight is 471 g/mol. The first-order valence-electron chi connectivity index (χ1n) is 8.65. The molecule has 1 aromatic carbocycles. The first-order valence-corrected chi connectivity index (χ1v) is 8.65. The smallest absolute Gasteiger partial charge is 0.243 e. The molecule has 144 valence electrons. The minimum atomic E-state index is -0.0197. The molecule has 1 aromatic rings. The third-order valence-electron chi connectivity index (χ3n) is 4.08. The van der Waals surface area contributed by atoms with E-state index in [1.165, 1.54) is 5.69 Å². The molecule has 1 saturated heterocycles. The van der Waals surface area contributed by atoms with Crippen molar-refractivity contribution in [1.29, 1.82) is 0 Å². The summed E-state index contributed by atoms with van der Waals surface area (Å²) in [4.78, 5) is 20.1. The van der Waals surface area contributed by atoms with Crippen LogP contribution in [0.2, 0.25) is 0 Å². The maximum absolute atomic E-state index is 11.8. The van der Waals surface area contributed by atoms with Crippen molar-refractivity contribution in [1.82, 2.24) is 15.5 Å². The summed E-state index contributed by atoms with van der Waals surface area (Å²) in [6.07, 6.45) is 1.03. The molecule has 0 aliphatic carbocycles. The topological polar surface area (TPSA) is 60.0 Å². The van der Waals surface area contributed by atoms with Crippen molar-refractivity contribution in [2.24, 2.45) is 4.99 Å². The number of likely N-dealkylation sites (N-methyl/N-ethyl adjacent to an activating group) is 1. The van der Waals surface area contributed by atoms with Crippen LogP contribution in [0.5, 0.6) is 0 Å². The van der Waals surface area contributed by atoms with Crippen molar-refractivity contribution in [2.75, 3.05) is 45.2 Å². The van der Waals surface area contributed by atoms with Gasteiger partial charge in [-0.25, -0.2) is 4.99 Å². The number of aliphatic imine (C=N–C) groups is 1. The molecule has 1 fully saturated rings. The number of carbonyl (C=O) groups is 1. The fraction of sp³-hybridized carbons (Fsp3) is 0.474. The second-order valence-electron chi connectivity index (χ2n) is 6.68. The molecule has 0 radical (unpaired) electrons. The lowest BCUT2D eigenvalue weighted by atomic mass is 10.2. The number of benzene rings is 1. The van der Waals surface area contributed by atoms with Gasteiger partial charge in [0.15, 0.2) is 5.96 Å². The van der Waals surface area contributed by atoms with E-state index < -0.39 is 0 Å². The molecule has 1 amide bonds. The number of para-hydroxylation sites is 1. The van der Waals surface area contributed by atoms with Crippen molar-refractivity contribution in [3.05, 3.63) is 42.5 Å². The summed E-state index contributed by atoms with van der Waals surface area (Å²) in [5.41, 5.74) is 2.26. The van der Waals surface area contributed by atoms with Crippen LogP contribution < -0.4 is 15.5 Å². The number of hydrogen-bond donors (Lipinski definition) is 2. The van der Waals surface area contributed by atoms with Crippen molar-refractivity contribution in [3.8, 4) is 0 Å². The zero-order valence-corrected chi connectivity index (χ0v) is 18.2. The standard InChI is InChI=1S/C19H29N5O.HI/c1-15(2)12-20-19(21-13-18(25)23(3)4)22-16-10-11-24(14-16)17-8-6-5-7-9-17;/h5-9,16H,1,10-14H2,2-4H3,(H2,20,21,22);1H. The van der Waals surface area contributed by atoms with Crippen molar-refractivity contribution in [2.45, 2.75) is 19.4 Å². The van der Waals surface area contributed by atoms with E-state index in [2.05, 4.69) is 51.4 Å². The van der Waals surface area contributed by atoms with Crippen LogP contribution >= 0.6 is 24.0 Å². The predicted molar refractivity (Wildman–Crippen MR) is 119 cm³/mol. The van der Waals surface area contributed by atoms with E-state index in [-0.39, 0.29) is 36.4 Å². The maximum Gasteiger partial charge on any atom is 0.243 e. The van der Waals surface area contributed by atoms with Gasteiger partial charge in [-0.15, -0.1) is 24.0 Å².